The number of aryl methyl sites for hydroxylation is 2. The lowest BCUT2D eigenvalue weighted by molar-refractivity contribution is -0.659. The standard InChI is InChI=1S/C25H28N6O3/c1-16(2)34-11-5-10-30-22(26)19(24(32)28-14-18-6-4-9-27-13-18)12-20-23(30)29-21-8-7-17(3)15-31(21)25(20)33/h4,6-9,12-13,15-16,26H,5,10-11,14H2,1-3H3,(H,28,32)/p+1. The van der Waals surface area contributed by atoms with E-state index in [1.54, 1.807) is 35.3 Å². The quantitative estimate of drug-likeness (QED) is 0.236. The Balaban J connectivity index is 1.79. The van der Waals surface area contributed by atoms with Crippen molar-refractivity contribution < 1.29 is 14.1 Å². The number of nitrogens with two attached hydrogens (primary N) is 1. The van der Waals surface area contributed by atoms with Crippen LogP contribution in [0.15, 0.2) is 53.7 Å². The van der Waals surface area contributed by atoms with Gasteiger partial charge < -0.3 is 15.8 Å². The Morgan fingerprint density at radius 3 is 2.85 bits per heavy atom. The summed E-state index contributed by atoms with van der Waals surface area (Å²) in [5.74, 6) is -0.117. The minimum absolute atomic E-state index is 0.110. The maximum Gasteiger partial charge on any atom is 0.278 e. The number of aromatic nitrogens is 4. The number of nitrogen functional groups attached to an aromatic ring is 1. The molecule has 0 bridgehead atoms. The third kappa shape index (κ3) is 4.89. The minimum atomic E-state index is -0.371. The van der Waals surface area contributed by atoms with E-state index in [0.717, 1.165) is 11.1 Å². The van der Waals surface area contributed by atoms with Crippen LogP contribution in [0.4, 0.5) is 5.82 Å². The van der Waals surface area contributed by atoms with Gasteiger partial charge in [0.25, 0.3) is 17.1 Å². The molecule has 0 spiro atoms. The molecule has 176 valence electrons. The topological polar surface area (TPSA) is 115 Å². The number of carbonyl (C=O) groups is 1. The SMILES string of the molecule is Cc1ccc2nc3c(cc(C(=O)NCc4cccnc4)c(N)[n+]3CCCOC(C)C)c(=O)n2c1. The lowest BCUT2D eigenvalue weighted by Crippen LogP contribution is -2.43. The van der Waals surface area contributed by atoms with Gasteiger partial charge in [-0.15, -0.1) is 0 Å². The Bertz CT molecular complexity index is 1400. The number of hydrogen-bond donors (Lipinski definition) is 2. The average molecular weight is 462 g/mol. The number of nitrogens with one attached hydrogen (secondary N) is 1. The van der Waals surface area contributed by atoms with Crippen molar-refractivity contribution in [1.82, 2.24) is 19.7 Å². The molecule has 9 nitrogen and oxygen atoms in total. The van der Waals surface area contributed by atoms with E-state index in [1.165, 1.54) is 10.5 Å². The molecule has 4 rings (SSSR count). The first-order chi connectivity index (χ1) is 16.3. The van der Waals surface area contributed by atoms with Crippen LogP contribution in [0.1, 0.15) is 41.8 Å². The van der Waals surface area contributed by atoms with Crippen molar-refractivity contribution in [3.05, 3.63) is 76.0 Å². The van der Waals surface area contributed by atoms with Crippen molar-refractivity contribution in [3.8, 4) is 0 Å². The zero-order chi connectivity index (χ0) is 24.2. The van der Waals surface area contributed by atoms with Gasteiger partial charge in [0.05, 0.1) is 12.6 Å². The van der Waals surface area contributed by atoms with Gasteiger partial charge >= 0.3 is 0 Å². The Kier molecular flexibility index (Phi) is 6.83. The molecule has 0 aliphatic heterocycles. The van der Waals surface area contributed by atoms with Crippen molar-refractivity contribution in [3.63, 3.8) is 0 Å². The first-order valence-electron chi connectivity index (χ1n) is 11.3. The highest BCUT2D eigenvalue weighted by Crippen LogP contribution is 2.15. The van der Waals surface area contributed by atoms with Gasteiger partial charge in [-0.1, -0.05) is 17.1 Å². The van der Waals surface area contributed by atoms with Crippen LogP contribution in [0, 0.1) is 6.92 Å². The Morgan fingerprint density at radius 1 is 1.29 bits per heavy atom. The highest BCUT2D eigenvalue weighted by molar-refractivity contribution is 6.00. The third-order valence-electron chi connectivity index (χ3n) is 5.49. The molecule has 0 radical (unpaired) electrons. The lowest BCUT2D eigenvalue weighted by Gasteiger charge is -2.13. The monoisotopic (exact) mass is 461 g/mol. The molecule has 34 heavy (non-hydrogen) atoms. The van der Waals surface area contributed by atoms with E-state index in [4.69, 9.17) is 15.5 Å². The summed E-state index contributed by atoms with van der Waals surface area (Å²) >= 11 is 0. The van der Waals surface area contributed by atoms with Gasteiger partial charge in [0.2, 0.25) is 11.5 Å². The molecule has 0 aliphatic carbocycles. The number of fused-ring (bicyclic) bond motifs is 2. The van der Waals surface area contributed by atoms with Crippen LogP contribution < -0.4 is 21.2 Å². The van der Waals surface area contributed by atoms with Crippen LogP contribution in [0.25, 0.3) is 16.7 Å². The Labute approximate surface area is 197 Å². The number of pyridine rings is 3. The van der Waals surface area contributed by atoms with Crippen molar-refractivity contribution in [2.75, 3.05) is 12.3 Å². The first-order valence-corrected chi connectivity index (χ1v) is 11.3. The van der Waals surface area contributed by atoms with Gasteiger partial charge in [-0.3, -0.25) is 19.0 Å². The summed E-state index contributed by atoms with van der Waals surface area (Å²) in [7, 11) is 0. The van der Waals surface area contributed by atoms with Gasteiger partial charge in [0, 0.05) is 38.2 Å². The van der Waals surface area contributed by atoms with E-state index in [2.05, 4.69) is 10.3 Å². The molecular formula is C25H29N6O3+. The van der Waals surface area contributed by atoms with Gasteiger partial charge in [0.15, 0.2) is 0 Å². The molecule has 9 heteroatoms. The predicted molar refractivity (Wildman–Crippen MR) is 129 cm³/mol. The molecule has 1 amide bonds. The number of amides is 1. The molecule has 3 N–H and O–H groups in total. The van der Waals surface area contributed by atoms with Crippen molar-refractivity contribution >= 4 is 28.4 Å². The zero-order valence-corrected chi connectivity index (χ0v) is 19.6. The van der Waals surface area contributed by atoms with Gasteiger partial charge in [0.1, 0.15) is 10.9 Å². The van der Waals surface area contributed by atoms with Crippen LogP contribution in [0.3, 0.4) is 0 Å². The van der Waals surface area contributed by atoms with Crippen molar-refractivity contribution in [2.24, 2.45) is 0 Å². The average Bonchev–Trinajstić information content (AvgIpc) is 2.82. The first kappa shape index (κ1) is 23.3. The number of anilines is 1. The largest absolute Gasteiger partial charge is 0.379 e. The second kappa shape index (κ2) is 9.96. The van der Waals surface area contributed by atoms with Crippen LogP contribution in [-0.4, -0.2) is 33.0 Å². The van der Waals surface area contributed by atoms with Gasteiger partial charge in [-0.25, -0.2) is 4.57 Å². The summed E-state index contributed by atoms with van der Waals surface area (Å²) in [5, 5.41) is 3.20. The zero-order valence-electron chi connectivity index (χ0n) is 19.6. The summed E-state index contributed by atoms with van der Waals surface area (Å²) in [6, 6.07) is 8.91. The van der Waals surface area contributed by atoms with E-state index in [-0.39, 0.29) is 29.0 Å². The highest BCUT2D eigenvalue weighted by Gasteiger charge is 2.24. The summed E-state index contributed by atoms with van der Waals surface area (Å²) in [6.07, 6.45) is 5.86. The van der Waals surface area contributed by atoms with Crippen LogP contribution in [0.5, 0.6) is 0 Å². The molecule has 0 saturated carbocycles. The number of rotatable bonds is 8. The van der Waals surface area contributed by atoms with Crippen LogP contribution in [0.2, 0.25) is 0 Å². The van der Waals surface area contributed by atoms with Gasteiger partial charge in [-0.05, 0) is 50.1 Å². The maximum atomic E-state index is 13.4. The molecule has 0 aromatic carbocycles. The molecule has 4 aromatic rings. The second-order valence-corrected chi connectivity index (χ2v) is 8.50. The normalized spacial score (nSPS) is 11.4. The fourth-order valence-corrected chi connectivity index (χ4v) is 3.79. The van der Waals surface area contributed by atoms with Gasteiger partial charge in [-0.2, -0.15) is 0 Å². The summed E-state index contributed by atoms with van der Waals surface area (Å²) in [5.41, 5.74) is 9.21. The Hall–Kier alpha value is -3.85. The van der Waals surface area contributed by atoms with E-state index in [0.29, 0.717) is 42.8 Å². The minimum Gasteiger partial charge on any atom is -0.379 e. The summed E-state index contributed by atoms with van der Waals surface area (Å²) < 4.78 is 8.90. The molecule has 0 saturated heterocycles. The highest BCUT2D eigenvalue weighted by atomic mass is 16.5. The number of hydrogen-bond acceptors (Lipinski definition) is 6. The second-order valence-electron chi connectivity index (χ2n) is 8.50. The fourth-order valence-electron chi connectivity index (χ4n) is 3.79. The molecule has 0 unspecified atom stereocenters. The number of ether oxygens (including phenoxy) is 1. The fraction of sp³-hybridized carbons (Fsp3) is 0.320. The molecule has 0 fully saturated rings. The van der Waals surface area contributed by atoms with Crippen LogP contribution >= 0.6 is 0 Å². The maximum absolute atomic E-state index is 13.4. The number of nitrogens with zero attached hydrogens (tertiary/aromatic N) is 4. The predicted octanol–water partition coefficient (Wildman–Crippen LogP) is 2.17. The molecule has 0 aliphatic rings. The van der Waals surface area contributed by atoms with Crippen molar-refractivity contribution in [2.45, 2.75) is 46.4 Å². The summed E-state index contributed by atoms with van der Waals surface area (Å²) in [4.78, 5) is 35.3. The van der Waals surface area contributed by atoms with E-state index < -0.39 is 0 Å². The van der Waals surface area contributed by atoms with Crippen LogP contribution in [-0.2, 0) is 17.8 Å². The third-order valence-corrected chi connectivity index (χ3v) is 5.49. The number of carbonyl (C=O) groups excluding carboxylic acids is 1. The van der Waals surface area contributed by atoms with E-state index in [9.17, 15) is 9.59 Å². The molecule has 4 heterocycles. The van der Waals surface area contributed by atoms with E-state index >= 15 is 0 Å². The summed E-state index contributed by atoms with van der Waals surface area (Å²) in [6.45, 7) is 7.12. The lowest BCUT2D eigenvalue weighted by atomic mass is 10.1. The Morgan fingerprint density at radius 2 is 2.12 bits per heavy atom. The molecule has 4 aromatic heterocycles. The molecular weight excluding hydrogens is 432 g/mol. The molecule has 0 atom stereocenters. The van der Waals surface area contributed by atoms with E-state index in [1.807, 2.05) is 32.9 Å². The smallest absolute Gasteiger partial charge is 0.278 e. The van der Waals surface area contributed by atoms with Crippen molar-refractivity contribution in [1.29, 1.82) is 0 Å².